The summed E-state index contributed by atoms with van der Waals surface area (Å²) in [6.45, 7) is 0.857. The largest absolute Gasteiger partial charge is 0.493 e. The highest BCUT2D eigenvalue weighted by Gasteiger charge is 2.33. The fourth-order valence-electron chi connectivity index (χ4n) is 2.72. The Balaban J connectivity index is 1.57. The van der Waals surface area contributed by atoms with Gasteiger partial charge < -0.3 is 29.2 Å². The van der Waals surface area contributed by atoms with Gasteiger partial charge in [-0.2, -0.15) is 5.26 Å². The maximum absolute atomic E-state index is 12.4. The van der Waals surface area contributed by atoms with E-state index in [1.165, 1.54) is 27.5 Å². The zero-order valence-corrected chi connectivity index (χ0v) is 15.8. The average molecular weight is 384 g/mol. The van der Waals surface area contributed by atoms with Gasteiger partial charge in [-0.05, 0) is 6.07 Å². The first-order chi connectivity index (χ1) is 13.6. The summed E-state index contributed by atoms with van der Waals surface area (Å²) < 4.78 is 21.5. The van der Waals surface area contributed by atoms with Crippen molar-refractivity contribution in [3.8, 4) is 29.2 Å². The van der Waals surface area contributed by atoms with E-state index in [0.717, 1.165) is 0 Å². The van der Waals surface area contributed by atoms with Gasteiger partial charge in [-0.3, -0.25) is 0 Å². The van der Waals surface area contributed by atoms with Gasteiger partial charge in [0, 0.05) is 24.4 Å². The number of carbonyl (C=O) groups is 1. The van der Waals surface area contributed by atoms with Crippen LogP contribution in [-0.2, 0) is 0 Å². The molecule has 0 atom stereocenters. The number of anilines is 1. The van der Waals surface area contributed by atoms with Crippen LogP contribution in [0, 0.1) is 11.3 Å². The van der Waals surface area contributed by atoms with Gasteiger partial charge in [-0.25, -0.2) is 9.78 Å². The predicted molar refractivity (Wildman–Crippen MR) is 100 cm³/mol. The Hall–Kier alpha value is -3.67. The van der Waals surface area contributed by atoms with Crippen LogP contribution in [0.2, 0.25) is 0 Å². The van der Waals surface area contributed by atoms with E-state index in [1.54, 1.807) is 29.2 Å². The lowest BCUT2D eigenvalue weighted by molar-refractivity contribution is 0.0461. The highest BCUT2D eigenvalue weighted by Crippen LogP contribution is 2.40. The van der Waals surface area contributed by atoms with Crippen LogP contribution in [0.1, 0.15) is 5.56 Å². The smallest absolute Gasteiger partial charge is 0.322 e. The molecule has 2 aromatic rings. The number of urea groups is 1. The van der Waals surface area contributed by atoms with E-state index in [2.05, 4.69) is 10.3 Å². The zero-order valence-electron chi connectivity index (χ0n) is 15.8. The summed E-state index contributed by atoms with van der Waals surface area (Å²) in [6, 6.07) is 8.33. The molecule has 1 aliphatic rings. The van der Waals surface area contributed by atoms with E-state index in [9.17, 15) is 4.79 Å². The fraction of sp³-hybridized carbons (Fsp3) is 0.316. The molecule has 1 aliphatic heterocycles. The molecule has 0 bridgehead atoms. The van der Waals surface area contributed by atoms with E-state index < -0.39 is 0 Å². The first-order valence-corrected chi connectivity index (χ1v) is 8.46. The summed E-state index contributed by atoms with van der Waals surface area (Å²) in [6.07, 6.45) is 1.30. The van der Waals surface area contributed by atoms with Crippen LogP contribution in [-0.4, -0.2) is 56.4 Å². The van der Waals surface area contributed by atoms with Crippen LogP contribution in [0.15, 0.2) is 30.5 Å². The molecule has 1 aromatic carbocycles. The van der Waals surface area contributed by atoms with Crippen molar-refractivity contribution < 1.29 is 23.7 Å². The molecule has 3 rings (SSSR count). The van der Waals surface area contributed by atoms with Gasteiger partial charge in [0.25, 0.3) is 0 Å². The molecule has 28 heavy (non-hydrogen) atoms. The fourth-order valence-corrected chi connectivity index (χ4v) is 2.72. The molecule has 2 amide bonds. The van der Waals surface area contributed by atoms with Crippen molar-refractivity contribution in [2.75, 3.05) is 39.7 Å². The van der Waals surface area contributed by atoms with Gasteiger partial charge in [0.2, 0.25) is 11.6 Å². The van der Waals surface area contributed by atoms with Gasteiger partial charge >= 0.3 is 6.03 Å². The molecule has 1 N–H and O–H groups in total. The minimum atomic E-state index is -0.262. The van der Waals surface area contributed by atoms with Crippen LogP contribution in [0.4, 0.5) is 10.5 Å². The quantitative estimate of drug-likeness (QED) is 0.814. The Labute approximate surface area is 162 Å². The second-order valence-corrected chi connectivity index (χ2v) is 5.99. The lowest BCUT2D eigenvalue weighted by Gasteiger charge is -2.38. The van der Waals surface area contributed by atoms with Crippen molar-refractivity contribution in [1.82, 2.24) is 9.88 Å². The summed E-state index contributed by atoms with van der Waals surface area (Å²) >= 11 is 0. The molecular formula is C19H20N4O5. The van der Waals surface area contributed by atoms with Crippen LogP contribution >= 0.6 is 0 Å². The number of nitriles is 1. The summed E-state index contributed by atoms with van der Waals surface area (Å²) in [5.74, 6) is 1.78. The molecule has 1 saturated heterocycles. The predicted octanol–water partition coefficient (Wildman–Crippen LogP) is 2.27. The number of pyridine rings is 1. The number of rotatable bonds is 6. The van der Waals surface area contributed by atoms with E-state index in [4.69, 9.17) is 24.2 Å². The van der Waals surface area contributed by atoms with Gasteiger partial charge in [-0.1, -0.05) is 0 Å². The molecule has 0 spiro atoms. The number of benzene rings is 1. The molecule has 9 nitrogen and oxygen atoms in total. The van der Waals surface area contributed by atoms with Crippen molar-refractivity contribution in [2.24, 2.45) is 0 Å². The monoisotopic (exact) mass is 384 g/mol. The van der Waals surface area contributed by atoms with Crippen molar-refractivity contribution in [2.45, 2.75) is 6.10 Å². The normalized spacial score (nSPS) is 13.1. The third-order valence-corrected chi connectivity index (χ3v) is 4.20. The number of likely N-dealkylation sites (tertiary alicyclic amines) is 1. The maximum Gasteiger partial charge on any atom is 0.322 e. The third kappa shape index (κ3) is 4.01. The molecule has 0 unspecified atom stereocenters. The molecule has 146 valence electrons. The minimum absolute atomic E-state index is 0.147. The van der Waals surface area contributed by atoms with E-state index in [1.807, 2.05) is 6.07 Å². The van der Waals surface area contributed by atoms with Crippen molar-refractivity contribution in [3.63, 3.8) is 0 Å². The molecular weight excluding hydrogens is 364 g/mol. The number of carbonyl (C=O) groups excluding carboxylic acids is 1. The molecule has 1 fully saturated rings. The van der Waals surface area contributed by atoms with Gasteiger partial charge in [0.1, 0.15) is 12.2 Å². The van der Waals surface area contributed by atoms with E-state index in [0.29, 0.717) is 47.5 Å². The topological polar surface area (TPSA) is 106 Å². The Kier molecular flexibility index (Phi) is 5.69. The van der Waals surface area contributed by atoms with Crippen LogP contribution in [0.5, 0.6) is 23.1 Å². The number of methoxy groups -OCH3 is 3. The summed E-state index contributed by atoms with van der Waals surface area (Å²) in [7, 11) is 4.54. The van der Waals surface area contributed by atoms with Gasteiger partial charge in [0.05, 0.1) is 45.7 Å². The highest BCUT2D eigenvalue weighted by molar-refractivity contribution is 5.90. The SMILES string of the molecule is COc1cc(NC(=O)N2CC(Oc3ccc(C#N)cn3)C2)cc(OC)c1OC. The second kappa shape index (κ2) is 8.35. The van der Waals surface area contributed by atoms with Gasteiger partial charge in [-0.15, -0.1) is 0 Å². The van der Waals surface area contributed by atoms with Crippen LogP contribution < -0.4 is 24.3 Å². The number of hydrogen-bond acceptors (Lipinski definition) is 7. The van der Waals surface area contributed by atoms with E-state index in [-0.39, 0.29) is 12.1 Å². The number of aromatic nitrogens is 1. The van der Waals surface area contributed by atoms with Crippen LogP contribution in [0.3, 0.4) is 0 Å². The molecule has 0 radical (unpaired) electrons. The molecule has 0 saturated carbocycles. The van der Waals surface area contributed by atoms with E-state index >= 15 is 0 Å². The van der Waals surface area contributed by atoms with Crippen molar-refractivity contribution in [1.29, 1.82) is 5.26 Å². The standard InChI is InChI=1S/C19H20N4O5/c1-25-15-6-13(7-16(26-2)18(15)27-3)22-19(24)23-10-14(11-23)28-17-5-4-12(8-20)9-21-17/h4-7,9,14H,10-11H2,1-3H3,(H,22,24). The Morgan fingerprint density at radius 1 is 1.18 bits per heavy atom. The molecule has 1 aromatic heterocycles. The Morgan fingerprint density at radius 2 is 1.86 bits per heavy atom. The van der Waals surface area contributed by atoms with Crippen molar-refractivity contribution >= 4 is 11.7 Å². The summed E-state index contributed by atoms with van der Waals surface area (Å²) in [5.41, 5.74) is 0.991. The molecule has 2 heterocycles. The zero-order chi connectivity index (χ0) is 20.1. The number of amides is 2. The van der Waals surface area contributed by atoms with Crippen molar-refractivity contribution in [3.05, 3.63) is 36.0 Å². The number of hydrogen-bond donors (Lipinski definition) is 1. The molecule has 0 aliphatic carbocycles. The first kappa shape index (κ1) is 19.1. The van der Waals surface area contributed by atoms with Crippen LogP contribution in [0.25, 0.3) is 0 Å². The lowest BCUT2D eigenvalue weighted by atomic mass is 10.2. The maximum atomic E-state index is 12.4. The number of nitrogens with zero attached hydrogens (tertiary/aromatic N) is 3. The summed E-state index contributed by atoms with van der Waals surface area (Å²) in [4.78, 5) is 18.1. The minimum Gasteiger partial charge on any atom is -0.493 e. The van der Waals surface area contributed by atoms with Gasteiger partial charge in [0.15, 0.2) is 11.5 Å². The third-order valence-electron chi connectivity index (χ3n) is 4.20. The second-order valence-electron chi connectivity index (χ2n) is 5.99. The lowest BCUT2D eigenvalue weighted by Crippen LogP contribution is -2.57. The Morgan fingerprint density at radius 3 is 2.36 bits per heavy atom. The summed E-state index contributed by atoms with van der Waals surface area (Å²) in [5, 5.41) is 11.6. The number of nitrogens with one attached hydrogen (secondary N) is 1. The first-order valence-electron chi connectivity index (χ1n) is 8.46. The highest BCUT2D eigenvalue weighted by atomic mass is 16.5. The average Bonchev–Trinajstić information content (AvgIpc) is 2.69. The number of ether oxygens (including phenoxy) is 4. The Bertz CT molecular complexity index is 863. The molecule has 9 heteroatoms.